The molecule has 1 aliphatic carbocycles. The van der Waals surface area contributed by atoms with Crippen LogP contribution in [0.25, 0.3) is 5.03 Å². The molecule has 0 saturated heterocycles. The monoisotopic (exact) mass is 240 g/mol. The summed E-state index contributed by atoms with van der Waals surface area (Å²) in [5.74, 6) is 0. The summed E-state index contributed by atoms with van der Waals surface area (Å²) < 4.78 is 0. The van der Waals surface area contributed by atoms with Crippen molar-refractivity contribution in [3.8, 4) is 0 Å². The van der Waals surface area contributed by atoms with Crippen molar-refractivity contribution in [1.82, 2.24) is 0 Å². The first-order valence-corrected chi connectivity index (χ1v) is 6.13. The molecule has 3 rings (SSSR count). The Hall–Kier alpha value is -1.53. The minimum absolute atomic E-state index is 0.102. The zero-order chi connectivity index (χ0) is 11.9. The zero-order valence-electron chi connectivity index (χ0n) is 9.65. The first-order valence-electron chi connectivity index (χ1n) is 5.75. The number of fused-ring (bicyclic) bond motifs is 1. The highest BCUT2D eigenvalue weighted by molar-refractivity contribution is 6.49. The van der Waals surface area contributed by atoms with Crippen LogP contribution < -0.4 is 0 Å². The van der Waals surface area contributed by atoms with E-state index in [2.05, 4.69) is 55.5 Å². The molecule has 2 aromatic rings. The number of hydrogen-bond donors (Lipinski definition) is 0. The Balaban J connectivity index is 2.24. The summed E-state index contributed by atoms with van der Waals surface area (Å²) in [5.41, 5.74) is 3.62. The molecule has 0 saturated carbocycles. The average molecular weight is 241 g/mol. The van der Waals surface area contributed by atoms with Gasteiger partial charge in [-0.25, -0.2) is 0 Å². The highest BCUT2D eigenvalue weighted by atomic mass is 35.5. The van der Waals surface area contributed by atoms with Crippen molar-refractivity contribution in [2.45, 2.75) is 12.3 Å². The summed E-state index contributed by atoms with van der Waals surface area (Å²) in [4.78, 5) is 0. The molecular formula is C16H13Cl. The normalized spacial score (nSPS) is 22.1. The summed E-state index contributed by atoms with van der Waals surface area (Å²) in [5, 5.41) is 0.854. The molecule has 1 atom stereocenters. The van der Waals surface area contributed by atoms with Crippen LogP contribution in [0.5, 0.6) is 0 Å². The largest absolute Gasteiger partial charge is 0.0840 e. The Bertz CT molecular complexity index is 583. The minimum atomic E-state index is -0.102. The van der Waals surface area contributed by atoms with Gasteiger partial charge in [0.2, 0.25) is 0 Å². The zero-order valence-corrected chi connectivity index (χ0v) is 10.4. The average Bonchev–Trinajstić information content (AvgIpc) is 2.65. The van der Waals surface area contributed by atoms with E-state index in [-0.39, 0.29) is 5.41 Å². The van der Waals surface area contributed by atoms with Crippen LogP contribution in [0.2, 0.25) is 0 Å². The molecule has 0 nitrogen and oxygen atoms in total. The predicted molar refractivity (Wildman–Crippen MR) is 73.2 cm³/mol. The van der Waals surface area contributed by atoms with Crippen LogP contribution in [0, 0.1) is 0 Å². The van der Waals surface area contributed by atoms with Crippen molar-refractivity contribution >= 4 is 16.6 Å². The molecule has 1 unspecified atom stereocenters. The van der Waals surface area contributed by atoms with E-state index in [1.54, 1.807) is 0 Å². The molecule has 0 aromatic heterocycles. The van der Waals surface area contributed by atoms with Gasteiger partial charge in [0.05, 0.1) is 0 Å². The molecule has 0 radical (unpaired) electrons. The third-order valence-corrected chi connectivity index (χ3v) is 3.85. The Morgan fingerprint density at radius 3 is 2.29 bits per heavy atom. The Morgan fingerprint density at radius 2 is 1.53 bits per heavy atom. The second-order valence-electron chi connectivity index (χ2n) is 4.61. The van der Waals surface area contributed by atoms with Crippen molar-refractivity contribution in [2.24, 2.45) is 0 Å². The van der Waals surface area contributed by atoms with Crippen LogP contribution >= 0.6 is 11.6 Å². The lowest BCUT2D eigenvalue weighted by Gasteiger charge is -2.24. The van der Waals surface area contributed by atoms with Gasteiger partial charge in [-0.3, -0.25) is 0 Å². The number of halogens is 1. The molecule has 0 spiro atoms. The van der Waals surface area contributed by atoms with E-state index in [4.69, 9.17) is 11.6 Å². The van der Waals surface area contributed by atoms with E-state index in [1.165, 1.54) is 11.1 Å². The van der Waals surface area contributed by atoms with Gasteiger partial charge in [0.1, 0.15) is 0 Å². The van der Waals surface area contributed by atoms with Crippen molar-refractivity contribution in [2.75, 3.05) is 0 Å². The van der Waals surface area contributed by atoms with Crippen LogP contribution in [-0.2, 0) is 5.41 Å². The summed E-state index contributed by atoms with van der Waals surface area (Å²) in [7, 11) is 0. The molecule has 17 heavy (non-hydrogen) atoms. The van der Waals surface area contributed by atoms with Gasteiger partial charge in [-0.15, -0.1) is 0 Å². The Kier molecular flexibility index (Phi) is 2.34. The highest BCUT2D eigenvalue weighted by Crippen LogP contribution is 2.45. The molecule has 0 aliphatic heterocycles. The van der Waals surface area contributed by atoms with Crippen molar-refractivity contribution in [3.63, 3.8) is 0 Å². The lowest BCUT2D eigenvalue weighted by atomic mass is 9.78. The summed E-state index contributed by atoms with van der Waals surface area (Å²) >= 11 is 6.34. The van der Waals surface area contributed by atoms with E-state index in [0.717, 1.165) is 10.6 Å². The van der Waals surface area contributed by atoms with E-state index in [1.807, 2.05) is 12.1 Å². The second-order valence-corrected chi connectivity index (χ2v) is 5.01. The van der Waals surface area contributed by atoms with Gasteiger partial charge in [-0.1, -0.05) is 72.3 Å². The fourth-order valence-electron chi connectivity index (χ4n) is 2.58. The first kappa shape index (κ1) is 10.6. The maximum Gasteiger partial charge on any atom is 0.0453 e. The fourth-order valence-corrected chi connectivity index (χ4v) is 2.96. The van der Waals surface area contributed by atoms with Crippen molar-refractivity contribution < 1.29 is 0 Å². The van der Waals surface area contributed by atoms with Crippen LogP contribution in [0.1, 0.15) is 23.6 Å². The third-order valence-electron chi connectivity index (χ3n) is 3.53. The first-order chi connectivity index (χ1) is 8.22. The van der Waals surface area contributed by atoms with Crippen LogP contribution in [0.15, 0.2) is 60.7 Å². The van der Waals surface area contributed by atoms with Gasteiger partial charge >= 0.3 is 0 Å². The molecule has 2 aromatic carbocycles. The van der Waals surface area contributed by atoms with Gasteiger partial charge < -0.3 is 0 Å². The van der Waals surface area contributed by atoms with Crippen LogP contribution in [0.3, 0.4) is 0 Å². The summed E-state index contributed by atoms with van der Waals surface area (Å²) in [6.45, 7) is 2.22. The minimum Gasteiger partial charge on any atom is -0.0840 e. The van der Waals surface area contributed by atoms with Crippen molar-refractivity contribution in [3.05, 3.63) is 77.4 Å². The molecule has 0 bridgehead atoms. The lowest BCUT2D eigenvalue weighted by molar-refractivity contribution is 0.738. The topological polar surface area (TPSA) is 0 Å². The van der Waals surface area contributed by atoms with Gasteiger partial charge in [0.25, 0.3) is 0 Å². The second kappa shape index (κ2) is 3.75. The smallest absolute Gasteiger partial charge is 0.0453 e. The van der Waals surface area contributed by atoms with E-state index < -0.39 is 0 Å². The SMILES string of the molecule is CC1(c2ccccc2)C=C(Cl)c2ccccc21. The van der Waals surface area contributed by atoms with Gasteiger partial charge in [0.15, 0.2) is 0 Å². The quantitative estimate of drug-likeness (QED) is 0.684. The molecule has 0 N–H and O–H groups in total. The lowest BCUT2D eigenvalue weighted by Crippen LogP contribution is -2.18. The predicted octanol–water partition coefficient (Wildman–Crippen LogP) is 4.59. The summed E-state index contributed by atoms with van der Waals surface area (Å²) in [6, 6.07) is 18.9. The molecule has 1 aliphatic rings. The number of benzene rings is 2. The third kappa shape index (κ3) is 1.52. The van der Waals surface area contributed by atoms with Crippen molar-refractivity contribution in [1.29, 1.82) is 0 Å². The van der Waals surface area contributed by atoms with Crippen LogP contribution in [0.4, 0.5) is 0 Å². The molecule has 1 heteroatoms. The molecule has 0 fully saturated rings. The number of hydrogen-bond acceptors (Lipinski definition) is 0. The van der Waals surface area contributed by atoms with Crippen LogP contribution in [-0.4, -0.2) is 0 Å². The standard InChI is InChI=1S/C16H13Cl/c1-16(12-7-3-2-4-8-12)11-15(17)13-9-5-6-10-14(13)16/h2-11H,1H3. The van der Waals surface area contributed by atoms with Gasteiger partial charge in [-0.05, 0) is 23.6 Å². The molecule has 0 amide bonds. The molecule has 84 valence electrons. The van der Waals surface area contributed by atoms with E-state index in [9.17, 15) is 0 Å². The van der Waals surface area contributed by atoms with E-state index in [0.29, 0.717) is 0 Å². The maximum atomic E-state index is 6.34. The number of rotatable bonds is 1. The summed E-state index contributed by atoms with van der Waals surface area (Å²) in [6.07, 6.45) is 2.15. The molecular weight excluding hydrogens is 228 g/mol. The van der Waals surface area contributed by atoms with Gasteiger partial charge in [-0.2, -0.15) is 0 Å². The Labute approximate surface area is 107 Å². The number of allylic oxidation sites excluding steroid dienone is 1. The van der Waals surface area contributed by atoms with E-state index >= 15 is 0 Å². The van der Waals surface area contributed by atoms with Gasteiger partial charge in [0, 0.05) is 10.4 Å². The fraction of sp³-hybridized carbons (Fsp3) is 0.125. The maximum absolute atomic E-state index is 6.34. The Morgan fingerprint density at radius 1 is 0.882 bits per heavy atom. The highest BCUT2D eigenvalue weighted by Gasteiger charge is 2.34. The molecule has 0 heterocycles.